The Bertz CT molecular complexity index is 962. The van der Waals surface area contributed by atoms with Gasteiger partial charge in [-0.3, -0.25) is 0 Å². The summed E-state index contributed by atoms with van der Waals surface area (Å²) in [4.78, 5) is 25.9. The molecule has 6 nitrogen and oxygen atoms in total. The quantitative estimate of drug-likeness (QED) is 0.423. The highest BCUT2D eigenvalue weighted by Crippen LogP contribution is 2.53. The molecule has 1 unspecified atom stereocenters. The van der Waals surface area contributed by atoms with Crippen LogP contribution < -0.4 is 14.2 Å². The Labute approximate surface area is 171 Å². The predicted molar refractivity (Wildman–Crippen MR) is 107 cm³/mol. The van der Waals surface area contributed by atoms with E-state index in [-0.39, 0.29) is 21.8 Å². The van der Waals surface area contributed by atoms with Gasteiger partial charge in [0.1, 0.15) is 16.5 Å². The summed E-state index contributed by atoms with van der Waals surface area (Å²) in [6.07, 6.45) is 0.677. The van der Waals surface area contributed by atoms with Crippen molar-refractivity contribution >= 4 is 35.3 Å². The van der Waals surface area contributed by atoms with Crippen molar-refractivity contribution < 1.29 is 23.8 Å². The molecule has 2 aromatic rings. The highest BCUT2D eigenvalue weighted by atomic mass is 35.5. The summed E-state index contributed by atoms with van der Waals surface area (Å²) >= 11 is 8.13. The van der Waals surface area contributed by atoms with Gasteiger partial charge < -0.3 is 19.1 Å². The Morgan fingerprint density at radius 2 is 1.82 bits per heavy atom. The van der Waals surface area contributed by atoms with Crippen molar-refractivity contribution in [3.63, 3.8) is 0 Å². The molecule has 0 fully saturated rings. The van der Waals surface area contributed by atoms with Gasteiger partial charge in [-0.05, 0) is 32.1 Å². The van der Waals surface area contributed by atoms with Gasteiger partial charge in [-0.1, -0.05) is 29.8 Å². The van der Waals surface area contributed by atoms with Gasteiger partial charge in [-0.15, -0.1) is 0 Å². The van der Waals surface area contributed by atoms with Crippen LogP contribution in [0.3, 0.4) is 0 Å². The molecule has 0 saturated carbocycles. The number of benzene rings is 2. The van der Waals surface area contributed by atoms with Crippen LogP contribution >= 0.6 is 23.4 Å². The van der Waals surface area contributed by atoms with E-state index in [2.05, 4.69) is 4.90 Å². The number of rotatable bonds is 4. The first-order valence-electron chi connectivity index (χ1n) is 8.76. The fourth-order valence-corrected chi connectivity index (χ4v) is 4.83. The maximum absolute atomic E-state index is 12.0. The van der Waals surface area contributed by atoms with Gasteiger partial charge in [0.2, 0.25) is 0 Å². The van der Waals surface area contributed by atoms with E-state index in [1.165, 1.54) is 0 Å². The van der Waals surface area contributed by atoms with E-state index in [1.54, 1.807) is 17.8 Å². The smallest absolute Gasteiger partial charge is 0.423 e. The molecule has 146 valence electrons. The topological polar surface area (TPSA) is 65.1 Å². The number of thioether (sulfide) groups is 1. The molecule has 2 aromatic carbocycles. The maximum Gasteiger partial charge on any atom is 0.423 e. The Morgan fingerprint density at radius 3 is 2.61 bits per heavy atom. The molecule has 28 heavy (non-hydrogen) atoms. The molecule has 2 heterocycles. The van der Waals surface area contributed by atoms with Crippen molar-refractivity contribution in [3.8, 4) is 23.0 Å². The van der Waals surface area contributed by atoms with Crippen LogP contribution in [0.25, 0.3) is 0 Å². The number of hydrogen-bond acceptors (Lipinski definition) is 7. The second-order valence-corrected chi connectivity index (χ2v) is 8.47. The van der Waals surface area contributed by atoms with E-state index >= 15 is 0 Å². The zero-order valence-corrected chi connectivity index (χ0v) is 16.9. The van der Waals surface area contributed by atoms with Gasteiger partial charge in [0.15, 0.2) is 11.5 Å². The molecule has 2 aliphatic rings. The molecule has 8 heteroatoms. The molecule has 0 amide bonds. The first-order valence-corrected chi connectivity index (χ1v) is 10.2. The monoisotopic (exact) mass is 419 g/mol. The Hall–Kier alpha value is -2.22. The van der Waals surface area contributed by atoms with Gasteiger partial charge in [0.25, 0.3) is 0 Å². The molecule has 0 aliphatic carbocycles. The van der Waals surface area contributed by atoms with E-state index in [0.29, 0.717) is 17.7 Å². The van der Waals surface area contributed by atoms with Crippen molar-refractivity contribution in [1.29, 1.82) is 0 Å². The second kappa shape index (κ2) is 7.66. The molecule has 0 N–H and O–H groups in total. The largest absolute Gasteiger partial charge is 0.456 e. The minimum absolute atomic E-state index is 0.0580. The molecule has 1 atom stereocenters. The minimum Gasteiger partial charge on any atom is -0.456 e. The average Bonchev–Trinajstić information content (AvgIpc) is 2.83. The highest BCUT2D eigenvalue weighted by Gasteiger charge is 2.36. The molecule has 2 bridgehead atoms. The van der Waals surface area contributed by atoms with Gasteiger partial charge in [0.05, 0.1) is 5.56 Å². The van der Waals surface area contributed by atoms with Gasteiger partial charge >= 0.3 is 11.9 Å². The Balaban J connectivity index is 1.83. The standard InChI is InChI=1S/C20H18ClNO5S/c1-22(2)7-8-28-15-9-11-5-3-4-6-12(11)25-13-10-14-17(21)18(16(13)15)27-20(24)19(23)26-14/h3-6,10,15H,7-9H2,1-2H3. The lowest BCUT2D eigenvalue weighted by atomic mass is 10.0. The van der Waals surface area contributed by atoms with E-state index in [4.69, 9.17) is 25.8 Å². The molecule has 2 aliphatic heterocycles. The molecular weight excluding hydrogens is 402 g/mol. The molecule has 0 spiro atoms. The van der Waals surface area contributed by atoms with Gasteiger partial charge in [-0.25, -0.2) is 9.59 Å². The van der Waals surface area contributed by atoms with Crippen molar-refractivity contribution in [2.24, 2.45) is 0 Å². The third-order valence-electron chi connectivity index (χ3n) is 4.53. The van der Waals surface area contributed by atoms with Crippen molar-refractivity contribution in [2.75, 3.05) is 26.4 Å². The van der Waals surface area contributed by atoms with Crippen LogP contribution in [-0.4, -0.2) is 43.2 Å². The first-order chi connectivity index (χ1) is 13.4. The molecule has 4 rings (SSSR count). The van der Waals surface area contributed by atoms with Crippen molar-refractivity contribution in [2.45, 2.75) is 11.7 Å². The molecule has 0 radical (unpaired) electrons. The number of esters is 2. The van der Waals surface area contributed by atoms with Crippen LogP contribution in [-0.2, 0) is 16.0 Å². The molecular formula is C20H18ClNO5S. The summed E-state index contributed by atoms with van der Waals surface area (Å²) in [7, 11) is 4.03. The van der Waals surface area contributed by atoms with Gasteiger partial charge in [0, 0.05) is 23.6 Å². The number of fused-ring (bicyclic) bond motifs is 5. The third-order valence-corrected chi connectivity index (χ3v) is 6.11. The van der Waals surface area contributed by atoms with E-state index in [9.17, 15) is 9.59 Å². The zero-order valence-electron chi connectivity index (χ0n) is 15.4. The summed E-state index contributed by atoms with van der Waals surface area (Å²) in [6.45, 7) is 0.890. The lowest BCUT2D eigenvalue weighted by Gasteiger charge is -2.20. The second-order valence-electron chi connectivity index (χ2n) is 6.79. The fraction of sp³-hybridized carbons (Fsp3) is 0.300. The number of carbonyl (C=O) groups excluding carboxylic acids is 2. The lowest BCUT2D eigenvalue weighted by molar-refractivity contribution is -0.155. The lowest BCUT2D eigenvalue weighted by Crippen LogP contribution is -2.23. The molecule has 0 aromatic heterocycles. The van der Waals surface area contributed by atoms with E-state index in [0.717, 1.165) is 23.6 Å². The fourth-order valence-electron chi connectivity index (χ4n) is 3.15. The van der Waals surface area contributed by atoms with Crippen molar-refractivity contribution in [3.05, 3.63) is 46.5 Å². The zero-order chi connectivity index (χ0) is 19.8. The van der Waals surface area contributed by atoms with Crippen LogP contribution in [0.2, 0.25) is 5.02 Å². The van der Waals surface area contributed by atoms with Crippen LogP contribution in [0, 0.1) is 0 Å². The van der Waals surface area contributed by atoms with Crippen LogP contribution in [0.5, 0.6) is 23.0 Å². The predicted octanol–water partition coefficient (Wildman–Crippen LogP) is 3.85. The van der Waals surface area contributed by atoms with Crippen molar-refractivity contribution in [1.82, 2.24) is 4.90 Å². The van der Waals surface area contributed by atoms with Crippen LogP contribution in [0.1, 0.15) is 16.4 Å². The Morgan fingerprint density at radius 1 is 1.07 bits per heavy atom. The van der Waals surface area contributed by atoms with E-state index < -0.39 is 11.9 Å². The Kier molecular flexibility index (Phi) is 5.23. The SMILES string of the molecule is CN(C)CCSC1Cc2ccccc2Oc2cc3c(Cl)c(c21)OC(=O)C(=O)O3. The summed E-state index contributed by atoms with van der Waals surface area (Å²) in [5.74, 6) is 0.0580. The summed E-state index contributed by atoms with van der Waals surface area (Å²) in [5.41, 5.74) is 1.71. The van der Waals surface area contributed by atoms with Gasteiger partial charge in [-0.2, -0.15) is 11.8 Å². The number of nitrogens with zero attached hydrogens (tertiary/aromatic N) is 1. The van der Waals surface area contributed by atoms with Crippen LogP contribution in [0.15, 0.2) is 30.3 Å². The summed E-state index contributed by atoms with van der Waals surface area (Å²) < 4.78 is 16.5. The normalized spacial score (nSPS) is 17.6. The average molecular weight is 420 g/mol. The number of carbonyl (C=O) groups is 2. The number of halogens is 1. The third kappa shape index (κ3) is 3.57. The van der Waals surface area contributed by atoms with Crippen LogP contribution in [0.4, 0.5) is 0 Å². The molecule has 0 saturated heterocycles. The maximum atomic E-state index is 12.0. The first kappa shape index (κ1) is 19.1. The highest BCUT2D eigenvalue weighted by molar-refractivity contribution is 7.99. The number of hydrogen-bond donors (Lipinski definition) is 0. The summed E-state index contributed by atoms with van der Waals surface area (Å²) in [6, 6.07) is 9.32. The van der Waals surface area contributed by atoms with E-state index in [1.807, 2.05) is 38.4 Å². The number of ether oxygens (including phenoxy) is 3. The number of para-hydroxylation sites is 1. The minimum atomic E-state index is -1.10. The summed E-state index contributed by atoms with van der Waals surface area (Å²) in [5, 5.41) is 0.0341.